The minimum Gasteiger partial charge on any atom is -0.477 e. The fourth-order valence-corrected chi connectivity index (χ4v) is 2.57. The molecule has 0 amide bonds. The number of sulfonamides is 1. The molecule has 1 aromatic carbocycles. The molecule has 0 heterocycles. The summed E-state index contributed by atoms with van der Waals surface area (Å²) in [5.74, 6) is -1.92. The predicted octanol–water partition coefficient (Wildman–Crippen LogP) is 1.43. The van der Waals surface area contributed by atoms with E-state index in [9.17, 15) is 17.6 Å². The molecule has 0 saturated carbocycles. The van der Waals surface area contributed by atoms with Gasteiger partial charge in [-0.05, 0) is 31.2 Å². The maximum Gasteiger partial charge on any atom is 0.352 e. The van der Waals surface area contributed by atoms with Gasteiger partial charge in [0.1, 0.15) is 11.5 Å². The molecule has 98 valence electrons. The van der Waals surface area contributed by atoms with Crippen molar-refractivity contribution in [3.05, 3.63) is 41.9 Å². The lowest BCUT2D eigenvalue weighted by Crippen LogP contribution is -2.30. The van der Waals surface area contributed by atoms with Crippen molar-refractivity contribution in [2.24, 2.45) is 0 Å². The second-order valence-corrected chi connectivity index (χ2v) is 5.37. The Kier molecular flexibility index (Phi) is 4.07. The fraction of sp³-hybridized carbons (Fsp3) is 0.182. The number of hydrogen-bond acceptors (Lipinski definition) is 3. The van der Waals surface area contributed by atoms with Gasteiger partial charge in [-0.2, -0.15) is 0 Å². The van der Waals surface area contributed by atoms with E-state index in [0.717, 1.165) is 31.3 Å². The minimum absolute atomic E-state index is 0.174. The Morgan fingerprint density at radius 1 is 1.33 bits per heavy atom. The average molecular weight is 273 g/mol. The molecule has 0 aliphatic carbocycles. The lowest BCUT2D eigenvalue weighted by molar-refractivity contribution is -0.133. The fourth-order valence-electron chi connectivity index (χ4n) is 1.33. The van der Waals surface area contributed by atoms with Crippen molar-refractivity contribution in [1.29, 1.82) is 0 Å². The molecule has 0 spiro atoms. The normalized spacial score (nSPS) is 12.3. The van der Waals surface area contributed by atoms with E-state index in [1.807, 2.05) is 0 Å². The number of carbonyl (C=O) groups is 1. The van der Waals surface area contributed by atoms with Crippen LogP contribution in [0.2, 0.25) is 0 Å². The van der Waals surface area contributed by atoms with E-state index in [1.165, 1.54) is 13.0 Å². The number of nitrogens with zero attached hydrogens (tertiary/aromatic N) is 1. The summed E-state index contributed by atoms with van der Waals surface area (Å²) in [7, 11) is -2.87. The number of allylic oxidation sites excluding steroid dienone is 1. The quantitative estimate of drug-likeness (QED) is 0.842. The molecule has 0 fully saturated rings. The topological polar surface area (TPSA) is 74.7 Å². The molecule has 0 aromatic heterocycles. The van der Waals surface area contributed by atoms with Crippen molar-refractivity contribution in [2.45, 2.75) is 11.8 Å². The van der Waals surface area contributed by atoms with Crippen LogP contribution >= 0.6 is 0 Å². The Morgan fingerprint density at radius 2 is 1.83 bits per heavy atom. The van der Waals surface area contributed by atoms with E-state index in [2.05, 4.69) is 0 Å². The van der Waals surface area contributed by atoms with Gasteiger partial charge in [0.25, 0.3) is 10.0 Å². The summed E-state index contributed by atoms with van der Waals surface area (Å²) >= 11 is 0. The lowest BCUT2D eigenvalue weighted by Gasteiger charge is -2.19. The Labute approximate surface area is 104 Å². The monoisotopic (exact) mass is 273 g/mol. The Bertz CT molecular complexity index is 578. The van der Waals surface area contributed by atoms with E-state index < -0.39 is 21.8 Å². The van der Waals surface area contributed by atoms with Gasteiger partial charge in [0.05, 0.1) is 4.90 Å². The number of rotatable bonds is 4. The predicted molar refractivity (Wildman–Crippen MR) is 62.7 cm³/mol. The van der Waals surface area contributed by atoms with E-state index >= 15 is 0 Å². The first kappa shape index (κ1) is 14.2. The van der Waals surface area contributed by atoms with Crippen LogP contribution in [0, 0.1) is 5.82 Å². The van der Waals surface area contributed by atoms with Crippen LogP contribution < -0.4 is 0 Å². The molecular formula is C11H12FNO4S. The van der Waals surface area contributed by atoms with Crippen LogP contribution in [-0.2, 0) is 14.8 Å². The smallest absolute Gasteiger partial charge is 0.352 e. The van der Waals surface area contributed by atoms with Gasteiger partial charge >= 0.3 is 5.97 Å². The van der Waals surface area contributed by atoms with Gasteiger partial charge < -0.3 is 5.11 Å². The maximum atomic E-state index is 12.7. The highest BCUT2D eigenvalue weighted by molar-refractivity contribution is 7.89. The number of likely N-dealkylation sites (N-methyl/N-ethyl adjacent to an activating group) is 1. The third kappa shape index (κ3) is 2.67. The van der Waals surface area contributed by atoms with Crippen molar-refractivity contribution in [2.75, 3.05) is 7.05 Å². The molecule has 0 bridgehead atoms. The third-order valence-corrected chi connectivity index (χ3v) is 4.09. The van der Waals surface area contributed by atoms with Crippen molar-refractivity contribution < 1.29 is 22.7 Å². The van der Waals surface area contributed by atoms with Crippen molar-refractivity contribution in [3.63, 3.8) is 0 Å². The number of halogens is 1. The highest BCUT2D eigenvalue weighted by Gasteiger charge is 2.25. The van der Waals surface area contributed by atoms with Crippen molar-refractivity contribution in [3.8, 4) is 0 Å². The molecule has 0 unspecified atom stereocenters. The standard InChI is InChI=1S/C11H12FNO4S/c1-3-10(11(14)15)13(2)18(16,17)9-6-4-8(12)5-7-9/h3-7H,1-2H3,(H,14,15). The Morgan fingerprint density at radius 3 is 2.22 bits per heavy atom. The largest absolute Gasteiger partial charge is 0.477 e. The molecule has 0 saturated heterocycles. The van der Waals surface area contributed by atoms with Gasteiger partial charge in [0.15, 0.2) is 0 Å². The van der Waals surface area contributed by atoms with Crippen molar-refractivity contribution in [1.82, 2.24) is 4.31 Å². The summed E-state index contributed by atoms with van der Waals surface area (Å²) in [6.07, 6.45) is 1.17. The molecule has 0 radical (unpaired) electrons. The molecule has 0 atom stereocenters. The van der Waals surface area contributed by atoms with Gasteiger partial charge in [-0.25, -0.2) is 17.6 Å². The van der Waals surface area contributed by atoms with Crippen LogP contribution in [0.25, 0.3) is 0 Å². The van der Waals surface area contributed by atoms with Gasteiger partial charge in [-0.3, -0.25) is 4.31 Å². The summed E-state index contributed by atoms with van der Waals surface area (Å²) in [6.45, 7) is 1.42. The molecule has 18 heavy (non-hydrogen) atoms. The summed E-state index contributed by atoms with van der Waals surface area (Å²) in [6, 6.07) is 4.15. The summed E-state index contributed by atoms with van der Waals surface area (Å²) in [4.78, 5) is 10.7. The zero-order chi connectivity index (χ0) is 13.9. The van der Waals surface area contributed by atoms with Crippen LogP contribution in [-0.4, -0.2) is 30.8 Å². The number of hydrogen-bond donors (Lipinski definition) is 1. The molecule has 7 heteroatoms. The molecule has 5 nitrogen and oxygen atoms in total. The zero-order valence-electron chi connectivity index (χ0n) is 9.79. The number of benzene rings is 1. The van der Waals surface area contributed by atoms with Crippen LogP contribution in [0.4, 0.5) is 4.39 Å². The highest BCUT2D eigenvalue weighted by atomic mass is 32.2. The molecule has 0 aliphatic rings. The first-order valence-electron chi connectivity index (χ1n) is 4.94. The SMILES string of the molecule is CC=C(C(=O)O)N(C)S(=O)(=O)c1ccc(F)cc1. The summed E-state index contributed by atoms with van der Waals surface area (Å²) in [5.41, 5.74) is -0.376. The van der Waals surface area contributed by atoms with Crippen LogP contribution in [0.5, 0.6) is 0 Å². The number of carboxylic acid groups (broad SMARTS) is 1. The summed E-state index contributed by atoms with van der Waals surface area (Å²) < 4.78 is 37.5. The number of carboxylic acids is 1. The first-order valence-corrected chi connectivity index (χ1v) is 6.39. The highest BCUT2D eigenvalue weighted by Crippen LogP contribution is 2.18. The molecule has 1 N–H and O–H groups in total. The van der Waals surface area contributed by atoms with E-state index in [-0.39, 0.29) is 10.6 Å². The number of aliphatic carboxylic acids is 1. The van der Waals surface area contributed by atoms with Crippen LogP contribution in [0.1, 0.15) is 6.92 Å². The average Bonchev–Trinajstić information content (AvgIpc) is 2.29. The molecule has 0 aliphatic heterocycles. The Hall–Kier alpha value is -1.89. The van der Waals surface area contributed by atoms with E-state index in [1.54, 1.807) is 0 Å². The van der Waals surface area contributed by atoms with Crippen molar-refractivity contribution >= 4 is 16.0 Å². The van der Waals surface area contributed by atoms with Crippen LogP contribution in [0.3, 0.4) is 0 Å². The maximum absolute atomic E-state index is 12.7. The molecular weight excluding hydrogens is 261 g/mol. The third-order valence-electron chi connectivity index (χ3n) is 2.30. The first-order chi connectivity index (χ1) is 8.30. The van der Waals surface area contributed by atoms with Gasteiger partial charge in [-0.1, -0.05) is 6.08 Å². The van der Waals surface area contributed by atoms with E-state index in [0.29, 0.717) is 4.31 Å². The zero-order valence-corrected chi connectivity index (χ0v) is 10.6. The molecule has 1 aromatic rings. The second kappa shape index (κ2) is 5.18. The van der Waals surface area contributed by atoms with Gasteiger partial charge in [0.2, 0.25) is 0 Å². The second-order valence-electron chi connectivity index (χ2n) is 3.41. The minimum atomic E-state index is -3.99. The van der Waals surface area contributed by atoms with Crippen LogP contribution in [0.15, 0.2) is 40.9 Å². The Balaban J connectivity index is 3.22. The lowest BCUT2D eigenvalue weighted by atomic mass is 10.4. The van der Waals surface area contributed by atoms with Gasteiger partial charge in [0, 0.05) is 7.05 Å². The van der Waals surface area contributed by atoms with Gasteiger partial charge in [-0.15, -0.1) is 0 Å². The van der Waals surface area contributed by atoms with E-state index in [4.69, 9.17) is 5.11 Å². The summed E-state index contributed by atoms with van der Waals surface area (Å²) in [5, 5.41) is 8.86. The molecule has 1 rings (SSSR count).